The van der Waals surface area contributed by atoms with Crippen LogP contribution in [0.5, 0.6) is 0 Å². The molecule has 0 unspecified atom stereocenters. The number of aromatic amines is 1. The van der Waals surface area contributed by atoms with Gasteiger partial charge in [-0.2, -0.15) is 10.2 Å². The second kappa shape index (κ2) is 6.31. The van der Waals surface area contributed by atoms with Gasteiger partial charge in [0, 0.05) is 37.9 Å². The number of rotatable bonds is 5. The molecule has 1 amide bonds. The van der Waals surface area contributed by atoms with E-state index in [1.165, 1.54) is 5.56 Å². The lowest BCUT2D eigenvalue weighted by Gasteiger charge is -2.32. The number of carbonyl (C=O) groups excluding carboxylic acids is 1. The van der Waals surface area contributed by atoms with Gasteiger partial charge in [0.25, 0.3) is 5.91 Å². The first-order chi connectivity index (χ1) is 10.6. The minimum Gasteiger partial charge on any atom is -0.364 e. The molecule has 1 atom stereocenters. The van der Waals surface area contributed by atoms with Gasteiger partial charge in [0.05, 0.1) is 6.20 Å². The Hall–Kier alpha value is -2.15. The number of aryl methyl sites for hydroxylation is 1. The lowest BCUT2D eigenvalue weighted by atomic mass is 9.94. The molecule has 0 spiro atoms. The van der Waals surface area contributed by atoms with Crippen LogP contribution in [0.3, 0.4) is 0 Å². The van der Waals surface area contributed by atoms with Crippen LogP contribution in [0.2, 0.25) is 0 Å². The highest BCUT2D eigenvalue weighted by Crippen LogP contribution is 2.26. The van der Waals surface area contributed by atoms with Gasteiger partial charge >= 0.3 is 0 Å². The van der Waals surface area contributed by atoms with Crippen LogP contribution in [0.1, 0.15) is 40.5 Å². The van der Waals surface area contributed by atoms with Crippen LogP contribution in [-0.4, -0.2) is 50.4 Å². The van der Waals surface area contributed by atoms with Crippen molar-refractivity contribution in [3.8, 4) is 0 Å². The van der Waals surface area contributed by atoms with Gasteiger partial charge in [0.2, 0.25) is 0 Å². The van der Waals surface area contributed by atoms with Gasteiger partial charge in [-0.05, 0) is 37.4 Å². The van der Waals surface area contributed by atoms with Gasteiger partial charge in [-0.3, -0.25) is 14.6 Å². The Balaban J connectivity index is 1.57. The maximum absolute atomic E-state index is 11.1. The fourth-order valence-electron chi connectivity index (χ4n) is 3.07. The number of primary amides is 1. The predicted molar refractivity (Wildman–Crippen MR) is 82.4 cm³/mol. The highest BCUT2D eigenvalue weighted by molar-refractivity contribution is 5.90. The number of piperidine rings is 1. The third-order valence-electron chi connectivity index (χ3n) is 4.27. The summed E-state index contributed by atoms with van der Waals surface area (Å²) in [5.74, 6) is -0.0880. The molecule has 2 aromatic heterocycles. The van der Waals surface area contributed by atoms with Crippen LogP contribution in [0, 0.1) is 0 Å². The van der Waals surface area contributed by atoms with E-state index in [0.29, 0.717) is 11.6 Å². The molecule has 1 fully saturated rings. The van der Waals surface area contributed by atoms with Gasteiger partial charge in [-0.25, -0.2) is 0 Å². The van der Waals surface area contributed by atoms with Gasteiger partial charge in [-0.1, -0.05) is 0 Å². The summed E-state index contributed by atoms with van der Waals surface area (Å²) in [5, 5.41) is 11.2. The van der Waals surface area contributed by atoms with Crippen molar-refractivity contribution >= 4 is 5.91 Å². The topological polar surface area (TPSA) is 92.8 Å². The first-order valence-corrected chi connectivity index (χ1v) is 7.67. The minimum atomic E-state index is -0.480. The average molecular weight is 302 g/mol. The maximum atomic E-state index is 11.1. The number of hydrogen-bond donors (Lipinski definition) is 2. The molecule has 118 valence electrons. The highest BCUT2D eigenvalue weighted by Gasteiger charge is 2.23. The van der Waals surface area contributed by atoms with Gasteiger partial charge in [-0.15, -0.1) is 0 Å². The molecule has 2 aromatic rings. The molecule has 3 N–H and O–H groups in total. The first-order valence-electron chi connectivity index (χ1n) is 7.67. The van der Waals surface area contributed by atoms with E-state index >= 15 is 0 Å². The normalized spacial score (nSPS) is 19.4. The van der Waals surface area contributed by atoms with Crippen LogP contribution in [-0.2, 0) is 13.5 Å². The molecular formula is C15H22N6O. The van der Waals surface area contributed by atoms with E-state index in [2.05, 4.69) is 26.4 Å². The minimum absolute atomic E-state index is 0.322. The molecule has 3 heterocycles. The van der Waals surface area contributed by atoms with Crippen molar-refractivity contribution in [2.45, 2.75) is 25.2 Å². The predicted octanol–water partition coefficient (Wildman–Crippen LogP) is 0.664. The average Bonchev–Trinajstić information content (AvgIpc) is 3.14. The highest BCUT2D eigenvalue weighted by atomic mass is 16.1. The number of H-pyrrole nitrogens is 1. The Morgan fingerprint density at radius 3 is 3.09 bits per heavy atom. The van der Waals surface area contributed by atoms with E-state index in [0.717, 1.165) is 44.6 Å². The zero-order chi connectivity index (χ0) is 15.5. The first kappa shape index (κ1) is 14.8. The number of hydrogen-bond acceptors (Lipinski definition) is 4. The van der Waals surface area contributed by atoms with Crippen molar-refractivity contribution in [2.24, 2.45) is 12.8 Å². The van der Waals surface area contributed by atoms with Crippen molar-refractivity contribution in [1.29, 1.82) is 0 Å². The van der Waals surface area contributed by atoms with Crippen LogP contribution >= 0.6 is 0 Å². The Morgan fingerprint density at radius 1 is 1.55 bits per heavy atom. The van der Waals surface area contributed by atoms with Crippen molar-refractivity contribution in [2.75, 3.05) is 19.6 Å². The van der Waals surface area contributed by atoms with E-state index < -0.39 is 5.91 Å². The summed E-state index contributed by atoms with van der Waals surface area (Å²) in [6.45, 7) is 3.13. The van der Waals surface area contributed by atoms with Crippen molar-refractivity contribution in [3.63, 3.8) is 0 Å². The van der Waals surface area contributed by atoms with Crippen LogP contribution in [0.25, 0.3) is 0 Å². The summed E-state index contributed by atoms with van der Waals surface area (Å²) in [4.78, 5) is 13.6. The molecular weight excluding hydrogens is 280 g/mol. The molecule has 7 nitrogen and oxygen atoms in total. The summed E-state index contributed by atoms with van der Waals surface area (Å²) in [6.07, 6.45) is 7.27. The Labute approximate surface area is 129 Å². The van der Waals surface area contributed by atoms with Crippen LogP contribution in [0.4, 0.5) is 0 Å². The number of nitrogens with zero attached hydrogens (tertiary/aromatic N) is 4. The molecule has 0 radical (unpaired) electrons. The molecule has 0 aromatic carbocycles. The van der Waals surface area contributed by atoms with Gasteiger partial charge in [0.1, 0.15) is 5.69 Å². The van der Waals surface area contributed by atoms with Crippen molar-refractivity contribution < 1.29 is 4.79 Å². The fourth-order valence-corrected chi connectivity index (χ4v) is 3.07. The SMILES string of the molecule is Cn1cc(CCN2CCC[C@@H](c3cc(C(N)=O)n[nH]3)C2)cn1. The van der Waals surface area contributed by atoms with Gasteiger partial charge < -0.3 is 10.6 Å². The summed E-state index contributed by atoms with van der Waals surface area (Å²) < 4.78 is 1.84. The number of likely N-dealkylation sites (tertiary alicyclic amines) is 1. The monoisotopic (exact) mass is 302 g/mol. The zero-order valence-electron chi connectivity index (χ0n) is 12.8. The second-order valence-electron chi connectivity index (χ2n) is 5.98. The largest absolute Gasteiger partial charge is 0.364 e. The van der Waals surface area contributed by atoms with E-state index in [-0.39, 0.29) is 0 Å². The molecule has 0 bridgehead atoms. The molecule has 3 rings (SSSR count). The summed E-state index contributed by atoms with van der Waals surface area (Å²) in [6, 6.07) is 1.79. The Kier molecular flexibility index (Phi) is 4.24. The van der Waals surface area contributed by atoms with Gasteiger partial charge in [0.15, 0.2) is 0 Å². The smallest absolute Gasteiger partial charge is 0.269 e. The van der Waals surface area contributed by atoms with E-state index in [1.807, 2.05) is 17.9 Å². The lowest BCUT2D eigenvalue weighted by Crippen LogP contribution is -2.35. The van der Waals surface area contributed by atoms with Crippen molar-refractivity contribution in [3.05, 3.63) is 35.4 Å². The summed E-state index contributed by atoms with van der Waals surface area (Å²) in [7, 11) is 1.94. The number of nitrogens with one attached hydrogen (secondary N) is 1. The number of carbonyl (C=O) groups is 1. The zero-order valence-corrected chi connectivity index (χ0v) is 12.8. The quantitative estimate of drug-likeness (QED) is 0.848. The van der Waals surface area contributed by atoms with Crippen LogP contribution in [0.15, 0.2) is 18.5 Å². The third kappa shape index (κ3) is 3.36. The standard InChI is InChI=1S/C15H22N6O/c1-20-9-11(8-17-20)4-6-21-5-2-3-12(10-21)13-7-14(15(16)22)19-18-13/h7-9,12H,2-6,10H2,1H3,(H2,16,22)(H,18,19)/t12-/m1/s1. The van der Waals surface area contributed by atoms with E-state index in [9.17, 15) is 4.79 Å². The van der Waals surface area contributed by atoms with Crippen LogP contribution < -0.4 is 5.73 Å². The summed E-state index contributed by atoms with van der Waals surface area (Å²) >= 11 is 0. The van der Waals surface area contributed by atoms with E-state index in [1.54, 1.807) is 6.07 Å². The molecule has 0 aliphatic carbocycles. The summed E-state index contributed by atoms with van der Waals surface area (Å²) in [5.41, 5.74) is 7.86. The Morgan fingerprint density at radius 2 is 2.41 bits per heavy atom. The lowest BCUT2D eigenvalue weighted by molar-refractivity contribution is 0.0995. The Bertz CT molecular complexity index is 646. The third-order valence-corrected chi connectivity index (χ3v) is 4.27. The molecule has 1 saturated heterocycles. The molecule has 0 saturated carbocycles. The van der Waals surface area contributed by atoms with E-state index in [4.69, 9.17) is 5.73 Å². The second-order valence-corrected chi connectivity index (χ2v) is 5.98. The number of amides is 1. The maximum Gasteiger partial charge on any atom is 0.269 e. The number of nitrogens with two attached hydrogens (primary N) is 1. The molecule has 22 heavy (non-hydrogen) atoms. The van der Waals surface area contributed by atoms with Crippen molar-refractivity contribution in [1.82, 2.24) is 24.9 Å². The molecule has 1 aliphatic heterocycles. The fraction of sp³-hybridized carbons (Fsp3) is 0.533. The number of aromatic nitrogens is 4. The molecule has 1 aliphatic rings. The molecule has 7 heteroatoms.